The molecule has 1 aromatic rings. The van der Waals surface area contributed by atoms with Gasteiger partial charge in [-0.25, -0.2) is 8.78 Å². The van der Waals surface area contributed by atoms with Crippen molar-refractivity contribution in [2.45, 2.75) is 19.0 Å². The van der Waals surface area contributed by atoms with Crippen molar-refractivity contribution in [3.63, 3.8) is 0 Å². The van der Waals surface area contributed by atoms with Crippen LogP contribution in [0.4, 0.5) is 8.78 Å². The highest BCUT2D eigenvalue weighted by atomic mass is 35.5. The topological polar surface area (TPSA) is 41.1 Å². The van der Waals surface area contributed by atoms with Crippen LogP contribution in [0.3, 0.4) is 0 Å². The van der Waals surface area contributed by atoms with Gasteiger partial charge in [0.15, 0.2) is 0 Å². The van der Waals surface area contributed by atoms with Gasteiger partial charge in [-0.2, -0.15) is 11.8 Å². The van der Waals surface area contributed by atoms with Crippen LogP contribution in [0.2, 0.25) is 0 Å². The third-order valence-corrected chi connectivity index (χ3v) is 4.05. The number of halogens is 3. The van der Waals surface area contributed by atoms with Crippen LogP contribution < -0.4 is 10.6 Å². The van der Waals surface area contributed by atoms with E-state index in [2.05, 4.69) is 10.6 Å². The summed E-state index contributed by atoms with van der Waals surface area (Å²) in [4.78, 5) is 11.7. The first-order chi connectivity index (χ1) is 9.15. The summed E-state index contributed by atoms with van der Waals surface area (Å²) in [5.74, 6) is 0.614. The van der Waals surface area contributed by atoms with Gasteiger partial charge < -0.3 is 10.6 Å². The summed E-state index contributed by atoms with van der Waals surface area (Å²) < 4.78 is 26.1. The van der Waals surface area contributed by atoms with Gasteiger partial charge in [0.25, 0.3) is 0 Å². The van der Waals surface area contributed by atoms with Crippen LogP contribution in [0, 0.1) is 11.6 Å². The summed E-state index contributed by atoms with van der Waals surface area (Å²) in [6.07, 6.45) is 0.385. The molecule has 1 unspecified atom stereocenters. The first-order valence-electron chi connectivity index (χ1n) is 6.17. The Labute approximate surface area is 127 Å². The van der Waals surface area contributed by atoms with Crippen molar-refractivity contribution in [2.24, 2.45) is 0 Å². The number of carbonyl (C=O) groups is 1. The van der Waals surface area contributed by atoms with Crippen LogP contribution in [0.25, 0.3) is 0 Å². The van der Waals surface area contributed by atoms with E-state index >= 15 is 0 Å². The molecule has 112 valence electrons. The predicted molar refractivity (Wildman–Crippen MR) is 79.2 cm³/mol. The maximum Gasteiger partial charge on any atom is 0.221 e. The van der Waals surface area contributed by atoms with Crippen LogP contribution in [0.1, 0.15) is 12.0 Å². The molecular formula is C13H17ClF2N2OS. The SMILES string of the molecule is Cl.O=C(CC1CSCCN1)NCc1ccc(F)cc1F. The van der Waals surface area contributed by atoms with Crippen LogP contribution in [-0.4, -0.2) is 30.0 Å². The Hall–Kier alpha value is -0.850. The molecule has 7 heteroatoms. The zero-order valence-electron chi connectivity index (χ0n) is 10.8. The molecule has 1 heterocycles. The highest BCUT2D eigenvalue weighted by Crippen LogP contribution is 2.11. The number of nitrogens with one attached hydrogen (secondary N) is 2. The molecule has 0 aromatic heterocycles. The van der Waals surface area contributed by atoms with Gasteiger partial charge in [-0.05, 0) is 6.07 Å². The van der Waals surface area contributed by atoms with E-state index < -0.39 is 11.6 Å². The van der Waals surface area contributed by atoms with E-state index in [4.69, 9.17) is 0 Å². The Kier molecular flexibility index (Phi) is 7.26. The standard InChI is InChI=1S/C13H16F2N2OS.ClH/c14-10-2-1-9(12(15)5-10)7-17-13(18)6-11-8-19-4-3-16-11;/h1-2,5,11,16H,3-4,6-8H2,(H,17,18);1H. The zero-order valence-corrected chi connectivity index (χ0v) is 12.5. The Morgan fingerprint density at radius 2 is 2.25 bits per heavy atom. The largest absolute Gasteiger partial charge is 0.352 e. The summed E-state index contributed by atoms with van der Waals surface area (Å²) in [5, 5.41) is 5.92. The van der Waals surface area contributed by atoms with Crippen molar-refractivity contribution in [3.8, 4) is 0 Å². The van der Waals surface area contributed by atoms with Gasteiger partial charge in [0.2, 0.25) is 5.91 Å². The van der Waals surface area contributed by atoms with E-state index in [9.17, 15) is 13.6 Å². The summed E-state index contributed by atoms with van der Waals surface area (Å²) in [5.41, 5.74) is 0.292. The molecule has 1 saturated heterocycles. The molecule has 1 aromatic carbocycles. The number of hydrogen-bond acceptors (Lipinski definition) is 3. The minimum Gasteiger partial charge on any atom is -0.352 e. The lowest BCUT2D eigenvalue weighted by Gasteiger charge is -2.22. The second kappa shape index (κ2) is 8.44. The van der Waals surface area contributed by atoms with Crippen LogP contribution in [0.5, 0.6) is 0 Å². The number of rotatable bonds is 4. The molecule has 2 rings (SSSR count). The van der Waals surface area contributed by atoms with Gasteiger partial charge in [0.05, 0.1) is 0 Å². The van der Waals surface area contributed by atoms with E-state index in [0.29, 0.717) is 12.0 Å². The van der Waals surface area contributed by atoms with Crippen molar-refractivity contribution in [1.29, 1.82) is 0 Å². The van der Waals surface area contributed by atoms with Crippen molar-refractivity contribution in [1.82, 2.24) is 10.6 Å². The van der Waals surface area contributed by atoms with Gasteiger partial charge >= 0.3 is 0 Å². The van der Waals surface area contributed by atoms with E-state index in [1.54, 1.807) is 0 Å². The molecule has 1 amide bonds. The molecule has 0 bridgehead atoms. The summed E-state index contributed by atoms with van der Waals surface area (Å²) in [6.45, 7) is 1.00. The molecule has 1 aliphatic rings. The first kappa shape index (κ1) is 17.2. The zero-order chi connectivity index (χ0) is 13.7. The molecule has 1 aliphatic heterocycles. The maximum atomic E-state index is 13.4. The average Bonchev–Trinajstić information content (AvgIpc) is 2.39. The van der Waals surface area contributed by atoms with E-state index in [-0.39, 0.29) is 30.9 Å². The fourth-order valence-electron chi connectivity index (χ4n) is 1.91. The number of carbonyl (C=O) groups excluding carboxylic acids is 1. The lowest BCUT2D eigenvalue weighted by molar-refractivity contribution is -0.121. The third-order valence-electron chi connectivity index (χ3n) is 2.92. The fraction of sp³-hybridized carbons (Fsp3) is 0.462. The summed E-state index contributed by atoms with van der Waals surface area (Å²) in [7, 11) is 0. The predicted octanol–water partition coefficient (Wildman–Crippen LogP) is 2.10. The van der Waals surface area contributed by atoms with Gasteiger partial charge in [-0.15, -0.1) is 12.4 Å². The lowest BCUT2D eigenvalue weighted by atomic mass is 10.2. The molecule has 2 N–H and O–H groups in total. The molecule has 20 heavy (non-hydrogen) atoms. The smallest absolute Gasteiger partial charge is 0.221 e. The molecular weight excluding hydrogens is 306 g/mol. The minimum absolute atomic E-state index is 0. The monoisotopic (exact) mass is 322 g/mol. The molecule has 0 spiro atoms. The molecule has 0 aliphatic carbocycles. The quantitative estimate of drug-likeness (QED) is 0.892. The molecule has 0 saturated carbocycles. The van der Waals surface area contributed by atoms with Crippen molar-refractivity contribution in [2.75, 3.05) is 18.1 Å². The van der Waals surface area contributed by atoms with Crippen LogP contribution in [0.15, 0.2) is 18.2 Å². The fourth-order valence-corrected chi connectivity index (χ4v) is 2.85. The minimum atomic E-state index is -0.633. The summed E-state index contributed by atoms with van der Waals surface area (Å²) >= 11 is 1.82. The second-order valence-corrected chi connectivity index (χ2v) is 5.59. The highest BCUT2D eigenvalue weighted by molar-refractivity contribution is 7.99. The van der Waals surface area contributed by atoms with Gasteiger partial charge in [0, 0.05) is 48.7 Å². The third kappa shape index (κ3) is 5.26. The van der Waals surface area contributed by atoms with Crippen molar-refractivity contribution >= 4 is 30.1 Å². The van der Waals surface area contributed by atoms with Crippen molar-refractivity contribution in [3.05, 3.63) is 35.4 Å². The average molecular weight is 323 g/mol. The Balaban J connectivity index is 0.00000200. The highest BCUT2D eigenvalue weighted by Gasteiger charge is 2.16. The van der Waals surface area contributed by atoms with Gasteiger partial charge in [-0.3, -0.25) is 4.79 Å². The van der Waals surface area contributed by atoms with Crippen molar-refractivity contribution < 1.29 is 13.6 Å². The molecule has 1 fully saturated rings. The molecule has 0 radical (unpaired) electrons. The number of benzene rings is 1. The normalized spacial score (nSPS) is 18.2. The number of thioether (sulfide) groups is 1. The van der Waals surface area contributed by atoms with E-state index in [1.807, 2.05) is 11.8 Å². The van der Waals surface area contributed by atoms with E-state index in [1.165, 1.54) is 12.1 Å². The Morgan fingerprint density at radius 1 is 1.45 bits per heavy atom. The second-order valence-electron chi connectivity index (χ2n) is 4.44. The van der Waals surface area contributed by atoms with Crippen LogP contribution >= 0.6 is 24.2 Å². The maximum absolute atomic E-state index is 13.4. The van der Waals surface area contributed by atoms with E-state index in [0.717, 1.165) is 24.1 Å². The summed E-state index contributed by atoms with van der Waals surface area (Å²) in [6, 6.07) is 3.53. The van der Waals surface area contributed by atoms with Gasteiger partial charge in [-0.1, -0.05) is 6.07 Å². The number of amides is 1. The Bertz CT molecular complexity index is 456. The van der Waals surface area contributed by atoms with Crippen LogP contribution in [-0.2, 0) is 11.3 Å². The number of hydrogen-bond donors (Lipinski definition) is 2. The van der Waals surface area contributed by atoms with Gasteiger partial charge in [0.1, 0.15) is 11.6 Å². The first-order valence-corrected chi connectivity index (χ1v) is 7.32. The Morgan fingerprint density at radius 3 is 2.90 bits per heavy atom. The molecule has 1 atom stereocenters. The lowest BCUT2D eigenvalue weighted by Crippen LogP contribution is -2.41. The molecule has 3 nitrogen and oxygen atoms in total.